The smallest absolute Gasteiger partial charge is 0.250 e. The first kappa shape index (κ1) is 16.8. The number of anilines is 2. The second-order valence-electron chi connectivity index (χ2n) is 6.92. The predicted molar refractivity (Wildman–Crippen MR) is 95.0 cm³/mol. The maximum Gasteiger partial charge on any atom is 0.250 e. The number of amides is 2. The summed E-state index contributed by atoms with van der Waals surface area (Å²) in [5, 5.41) is 6.43. The maximum atomic E-state index is 12.7. The van der Waals surface area contributed by atoms with E-state index >= 15 is 0 Å². The molecule has 0 aromatic heterocycles. The number of carbonyl (C=O) groups excluding carboxylic acids is 2. The molecule has 2 N–H and O–H groups in total. The Labute approximate surface area is 143 Å². The lowest BCUT2D eigenvalue weighted by Crippen LogP contribution is -2.60. The molecule has 1 aromatic carbocycles. The van der Waals surface area contributed by atoms with Gasteiger partial charge in [0.15, 0.2) is 0 Å². The van der Waals surface area contributed by atoms with Crippen molar-refractivity contribution in [3.8, 4) is 0 Å². The van der Waals surface area contributed by atoms with Crippen molar-refractivity contribution in [2.24, 2.45) is 0 Å². The summed E-state index contributed by atoms with van der Waals surface area (Å²) >= 11 is 0. The van der Waals surface area contributed by atoms with E-state index < -0.39 is 5.54 Å². The first-order valence-corrected chi connectivity index (χ1v) is 8.61. The number of nitrogens with zero attached hydrogens (tertiary/aromatic N) is 2. The molecule has 2 amide bonds. The van der Waals surface area contributed by atoms with Crippen LogP contribution in [0.3, 0.4) is 0 Å². The van der Waals surface area contributed by atoms with E-state index in [-0.39, 0.29) is 17.9 Å². The van der Waals surface area contributed by atoms with Gasteiger partial charge in [0.25, 0.3) is 0 Å². The van der Waals surface area contributed by atoms with Crippen LogP contribution >= 0.6 is 0 Å². The van der Waals surface area contributed by atoms with Crippen LogP contribution < -0.4 is 10.6 Å². The Hall–Kier alpha value is -2.08. The fourth-order valence-electron chi connectivity index (χ4n) is 3.69. The van der Waals surface area contributed by atoms with E-state index in [1.54, 1.807) is 0 Å². The van der Waals surface area contributed by atoms with Crippen molar-refractivity contribution in [2.75, 3.05) is 37.8 Å². The number of piperidine rings is 1. The summed E-state index contributed by atoms with van der Waals surface area (Å²) in [4.78, 5) is 29.2. The molecule has 130 valence electrons. The molecule has 6 heteroatoms. The third kappa shape index (κ3) is 2.86. The van der Waals surface area contributed by atoms with Gasteiger partial charge in [-0.25, -0.2) is 0 Å². The Morgan fingerprint density at radius 2 is 1.88 bits per heavy atom. The Kier molecular flexibility index (Phi) is 4.49. The minimum atomic E-state index is -0.606. The molecule has 2 aliphatic rings. The molecule has 2 heterocycles. The summed E-state index contributed by atoms with van der Waals surface area (Å²) in [6, 6.07) is 7.65. The molecule has 0 radical (unpaired) electrons. The van der Waals surface area contributed by atoms with E-state index in [4.69, 9.17) is 0 Å². The van der Waals surface area contributed by atoms with Gasteiger partial charge in [-0.3, -0.25) is 14.5 Å². The Morgan fingerprint density at radius 3 is 2.46 bits per heavy atom. The summed E-state index contributed by atoms with van der Waals surface area (Å²) in [6.45, 7) is 3.23. The molecule has 1 atom stereocenters. The van der Waals surface area contributed by atoms with Crippen molar-refractivity contribution in [2.45, 2.75) is 37.8 Å². The highest BCUT2D eigenvalue weighted by Gasteiger charge is 2.45. The molecule has 1 aromatic rings. The number of benzene rings is 1. The molecule has 2 aliphatic heterocycles. The molecule has 1 spiro atoms. The van der Waals surface area contributed by atoms with Crippen molar-refractivity contribution < 1.29 is 9.59 Å². The number of hydrogen-bond acceptors (Lipinski definition) is 4. The summed E-state index contributed by atoms with van der Waals surface area (Å²) in [7, 11) is 3.87. The second-order valence-corrected chi connectivity index (χ2v) is 6.92. The van der Waals surface area contributed by atoms with Gasteiger partial charge >= 0.3 is 0 Å². The number of likely N-dealkylation sites (tertiary alicyclic amines) is 1. The molecule has 1 unspecified atom stereocenters. The zero-order valence-corrected chi connectivity index (χ0v) is 14.6. The minimum absolute atomic E-state index is 0.00736. The minimum Gasteiger partial charge on any atom is -0.369 e. The van der Waals surface area contributed by atoms with Gasteiger partial charge in [-0.1, -0.05) is 19.1 Å². The average Bonchev–Trinajstić information content (AvgIpc) is 2.57. The van der Waals surface area contributed by atoms with Crippen LogP contribution in [0.25, 0.3) is 0 Å². The van der Waals surface area contributed by atoms with E-state index in [9.17, 15) is 9.59 Å². The van der Waals surface area contributed by atoms with E-state index in [0.717, 1.165) is 17.8 Å². The summed E-state index contributed by atoms with van der Waals surface area (Å²) in [6.07, 6.45) is 2.05. The summed E-state index contributed by atoms with van der Waals surface area (Å²) < 4.78 is 0. The first-order valence-electron chi connectivity index (χ1n) is 8.61. The SMILES string of the molecule is CCC(C(=O)N1CCC2(CC1)Nc1ccccc1NC2=O)N(C)C. The number of hydrogen-bond donors (Lipinski definition) is 2. The van der Waals surface area contributed by atoms with Crippen LogP contribution in [0.1, 0.15) is 26.2 Å². The average molecular weight is 330 g/mol. The van der Waals surface area contributed by atoms with Gasteiger partial charge in [0.05, 0.1) is 17.4 Å². The normalized spacial score (nSPS) is 20.3. The molecule has 0 saturated carbocycles. The zero-order chi connectivity index (χ0) is 17.3. The van der Waals surface area contributed by atoms with Crippen LogP contribution in [0.15, 0.2) is 24.3 Å². The number of rotatable bonds is 3. The maximum absolute atomic E-state index is 12.7. The Morgan fingerprint density at radius 1 is 1.25 bits per heavy atom. The molecular weight excluding hydrogens is 304 g/mol. The van der Waals surface area contributed by atoms with Gasteiger partial charge in [0.2, 0.25) is 11.8 Å². The lowest BCUT2D eigenvalue weighted by molar-refractivity contribution is -0.139. The quantitative estimate of drug-likeness (QED) is 0.886. The number of para-hydroxylation sites is 2. The van der Waals surface area contributed by atoms with Crippen LogP contribution in [0, 0.1) is 0 Å². The van der Waals surface area contributed by atoms with Crippen LogP contribution in [0.4, 0.5) is 11.4 Å². The highest BCUT2D eigenvalue weighted by atomic mass is 16.2. The lowest BCUT2D eigenvalue weighted by Gasteiger charge is -2.45. The largest absolute Gasteiger partial charge is 0.369 e. The van der Waals surface area contributed by atoms with Crippen LogP contribution in [0.5, 0.6) is 0 Å². The molecule has 0 bridgehead atoms. The summed E-state index contributed by atoms with van der Waals surface area (Å²) in [5.74, 6) is 0.168. The first-order chi connectivity index (χ1) is 11.5. The Bertz CT molecular complexity index is 636. The lowest BCUT2D eigenvalue weighted by atomic mass is 9.84. The van der Waals surface area contributed by atoms with Crippen LogP contribution in [-0.2, 0) is 9.59 Å². The second kappa shape index (κ2) is 6.43. The van der Waals surface area contributed by atoms with Crippen molar-refractivity contribution in [1.29, 1.82) is 0 Å². The van der Waals surface area contributed by atoms with Crippen molar-refractivity contribution in [1.82, 2.24) is 9.80 Å². The molecule has 6 nitrogen and oxygen atoms in total. The van der Waals surface area contributed by atoms with Crippen LogP contribution in [-0.4, -0.2) is 60.4 Å². The molecule has 0 aliphatic carbocycles. The Balaban J connectivity index is 1.71. The van der Waals surface area contributed by atoms with Crippen molar-refractivity contribution >= 4 is 23.2 Å². The van der Waals surface area contributed by atoms with Crippen molar-refractivity contribution in [3.63, 3.8) is 0 Å². The van der Waals surface area contributed by atoms with Gasteiger partial charge < -0.3 is 15.5 Å². The van der Waals surface area contributed by atoms with E-state index in [1.165, 1.54) is 0 Å². The van der Waals surface area contributed by atoms with Crippen molar-refractivity contribution in [3.05, 3.63) is 24.3 Å². The van der Waals surface area contributed by atoms with Crippen LogP contribution in [0.2, 0.25) is 0 Å². The number of likely N-dealkylation sites (N-methyl/N-ethyl adjacent to an activating group) is 1. The molecule has 3 rings (SSSR count). The molecule has 1 fully saturated rings. The third-order valence-corrected chi connectivity index (χ3v) is 5.21. The fraction of sp³-hybridized carbons (Fsp3) is 0.556. The van der Waals surface area contributed by atoms with E-state index in [1.807, 2.05) is 55.1 Å². The van der Waals surface area contributed by atoms with E-state index in [2.05, 4.69) is 10.6 Å². The van der Waals surface area contributed by atoms with Gasteiger partial charge in [-0.15, -0.1) is 0 Å². The van der Waals surface area contributed by atoms with Gasteiger partial charge in [-0.05, 0) is 45.5 Å². The number of carbonyl (C=O) groups is 2. The summed E-state index contributed by atoms with van der Waals surface area (Å²) in [5.41, 5.74) is 1.17. The topological polar surface area (TPSA) is 64.7 Å². The third-order valence-electron chi connectivity index (χ3n) is 5.21. The highest BCUT2D eigenvalue weighted by molar-refractivity contribution is 6.06. The number of fused-ring (bicyclic) bond motifs is 1. The fourth-order valence-corrected chi connectivity index (χ4v) is 3.69. The predicted octanol–water partition coefficient (Wildman–Crippen LogP) is 1.75. The van der Waals surface area contributed by atoms with Gasteiger partial charge in [0.1, 0.15) is 5.54 Å². The van der Waals surface area contributed by atoms with Gasteiger partial charge in [0, 0.05) is 13.1 Å². The van der Waals surface area contributed by atoms with E-state index in [0.29, 0.717) is 25.9 Å². The van der Waals surface area contributed by atoms with Gasteiger partial charge in [-0.2, -0.15) is 0 Å². The monoisotopic (exact) mass is 330 g/mol. The standard InChI is InChI=1S/C18H26N4O2/c1-4-15(21(2)3)16(23)22-11-9-18(10-12-22)17(24)19-13-7-5-6-8-14(13)20-18/h5-8,15,20H,4,9-12H2,1-3H3,(H,19,24). The molecule has 1 saturated heterocycles. The zero-order valence-electron chi connectivity index (χ0n) is 14.6. The molecular formula is C18H26N4O2. The molecule has 24 heavy (non-hydrogen) atoms. The highest BCUT2D eigenvalue weighted by Crippen LogP contribution is 2.36. The number of nitrogens with one attached hydrogen (secondary N) is 2.